The highest BCUT2D eigenvalue weighted by Crippen LogP contribution is 2.13. The average Bonchev–Trinajstić information content (AvgIpc) is 2.57. The molecule has 1 N–H and O–H groups in total. The second-order valence-electron chi connectivity index (χ2n) is 5.02. The van der Waals surface area contributed by atoms with Crippen LogP contribution in [0.1, 0.15) is 44.0 Å². The van der Waals surface area contributed by atoms with Gasteiger partial charge in [-0.25, -0.2) is 5.43 Å². The van der Waals surface area contributed by atoms with Gasteiger partial charge in [-0.05, 0) is 44.5 Å². The maximum Gasteiger partial charge on any atom is 0.314 e. The molecular formula is C17H24N2O4. The van der Waals surface area contributed by atoms with Gasteiger partial charge in [-0.3, -0.25) is 9.59 Å². The highest BCUT2D eigenvalue weighted by Gasteiger charge is 2.22. The van der Waals surface area contributed by atoms with E-state index in [-0.39, 0.29) is 11.9 Å². The third kappa shape index (κ3) is 5.73. The monoisotopic (exact) mass is 320 g/mol. The van der Waals surface area contributed by atoms with Crippen molar-refractivity contribution in [1.29, 1.82) is 0 Å². The number of rotatable bonds is 8. The summed E-state index contributed by atoms with van der Waals surface area (Å²) in [4.78, 5) is 24.0. The highest BCUT2D eigenvalue weighted by atomic mass is 16.5. The molecule has 1 rings (SSSR count). The van der Waals surface area contributed by atoms with E-state index in [1.165, 1.54) is 0 Å². The van der Waals surface area contributed by atoms with Gasteiger partial charge in [-0.1, -0.05) is 13.3 Å². The molecule has 0 aliphatic rings. The lowest BCUT2D eigenvalue weighted by molar-refractivity contribution is -0.145. The number of esters is 1. The van der Waals surface area contributed by atoms with E-state index in [9.17, 15) is 9.59 Å². The molecular weight excluding hydrogens is 296 g/mol. The average molecular weight is 320 g/mol. The van der Waals surface area contributed by atoms with Gasteiger partial charge in [0.15, 0.2) is 0 Å². The predicted molar refractivity (Wildman–Crippen MR) is 88.6 cm³/mol. The molecule has 1 atom stereocenters. The Hall–Kier alpha value is -2.37. The minimum atomic E-state index is -0.434. The fraction of sp³-hybridized carbons (Fsp3) is 0.471. The lowest BCUT2D eigenvalue weighted by atomic mass is 9.99. The Balaban J connectivity index is 2.74. The minimum absolute atomic E-state index is 0.311. The third-order valence-corrected chi connectivity index (χ3v) is 3.34. The number of nitrogens with one attached hydrogen (secondary N) is 1. The van der Waals surface area contributed by atoms with Crippen molar-refractivity contribution in [3.8, 4) is 5.75 Å². The van der Waals surface area contributed by atoms with Gasteiger partial charge in [0.1, 0.15) is 5.75 Å². The smallest absolute Gasteiger partial charge is 0.314 e. The third-order valence-electron chi connectivity index (χ3n) is 3.34. The van der Waals surface area contributed by atoms with Gasteiger partial charge >= 0.3 is 5.97 Å². The molecule has 23 heavy (non-hydrogen) atoms. The molecule has 0 fully saturated rings. The molecule has 0 spiro atoms. The quantitative estimate of drug-likeness (QED) is 0.454. The summed E-state index contributed by atoms with van der Waals surface area (Å²) in [6, 6.07) is 6.69. The van der Waals surface area contributed by atoms with Crippen LogP contribution in [0, 0.1) is 5.92 Å². The summed E-state index contributed by atoms with van der Waals surface area (Å²) in [6.45, 7) is 5.78. The van der Waals surface area contributed by atoms with Gasteiger partial charge in [0.2, 0.25) is 0 Å². The lowest BCUT2D eigenvalue weighted by Crippen LogP contribution is -2.27. The molecule has 0 aliphatic carbocycles. The summed E-state index contributed by atoms with van der Waals surface area (Å²) in [5.41, 5.74) is 3.47. The minimum Gasteiger partial charge on any atom is -0.497 e. The van der Waals surface area contributed by atoms with Gasteiger partial charge in [0.05, 0.1) is 19.6 Å². The van der Waals surface area contributed by atoms with E-state index >= 15 is 0 Å². The standard InChI is InChI=1S/C17H24N2O4/c1-5-7-15(17(21)23-6-2)12(3)18-19-16(20)13-8-10-14(22-4)11-9-13/h8-11,15H,5-7H2,1-4H3,(H,19,20)/t15-/m1/s1. The van der Waals surface area contributed by atoms with Crippen LogP contribution in [0.15, 0.2) is 29.4 Å². The van der Waals surface area contributed by atoms with Crippen molar-refractivity contribution in [3.63, 3.8) is 0 Å². The largest absolute Gasteiger partial charge is 0.497 e. The Morgan fingerprint density at radius 3 is 2.39 bits per heavy atom. The first-order valence-corrected chi connectivity index (χ1v) is 7.68. The summed E-state index contributed by atoms with van der Waals surface area (Å²) in [7, 11) is 1.56. The zero-order valence-electron chi connectivity index (χ0n) is 14.1. The number of hydrazone groups is 1. The number of methoxy groups -OCH3 is 1. The van der Waals surface area contributed by atoms with E-state index in [4.69, 9.17) is 9.47 Å². The van der Waals surface area contributed by atoms with Crippen LogP contribution in [0.5, 0.6) is 5.75 Å². The van der Waals surface area contributed by atoms with Gasteiger partial charge in [0, 0.05) is 11.3 Å². The molecule has 0 saturated heterocycles. The number of hydrogen-bond acceptors (Lipinski definition) is 5. The highest BCUT2D eigenvalue weighted by molar-refractivity contribution is 6.02. The van der Waals surface area contributed by atoms with Crippen LogP contribution in [0.3, 0.4) is 0 Å². The molecule has 0 bridgehead atoms. The van der Waals surface area contributed by atoms with E-state index in [1.807, 2.05) is 6.92 Å². The second-order valence-corrected chi connectivity index (χ2v) is 5.02. The molecule has 0 aromatic heterocycles. The van der Waals surface area contributed by atoms with Crippen molar-refractivity contribution in [2.24, 2.45) is 11.0 Å². The summed E-state index contributed by atoms with van der Waals surface area (Å²) in [5.74, 6) is -0.414. The summed E-state index contributed by atoms with van der Waals surface area (Å²) < 4.78 is 10.1. The van der Waals surface area contributed by atoms with Crippen LogP contribution in [0.4, 0.5) is 0 Å². The molecule has 0 unspecified atom stereocenters. The van der Waals surface area contributed by atoms with Crippen molar-refractivity contribution in [2.75, 3.05) is 13.7 Å². The van der Waals surface area contributed by atoms with Crippen molar-refractivity contribution >= 4 is 17.6 Å². The van der Waals surface area contributed by atoms with Crippen molar-refractivity contribution < 1.29 is 19.1 Å². The number of ether oxygens (including phenoxy) is 2. The first-order valence-electron chi connectivity index (χ1n) is 7.68. The number of carbonyl (C=O) groups is 2. The van der Waals surface area contributed by atoms with Gasteiger partial charge in [-0.2, -0.15) is 5.10 Å². The molecule has 1 amide bonds. The van der Waals surface area contributed by atoms with Crippen LogP contribution in [0.2, 0.25) is 0 Å². The zero-order valence-corrected chi connectivity index (χ0v) is 14.1. The Labute approximate surface area is 136 Å². The van der Waals surface area contributed by atoms with Crippen molar-refractivity contribution in [2.45, 2.75) is 33.6 Å². The fourth-order valence-electron chi connectivity index (χ4n) is 2.05. The molecule has 0 aliphatic heterocycles. The summed E-state index contributed by atoms with van der Waals surface area (Å²) in [6.07, 6.45) is 1.45. The maximum absolute atomic E-state index is 12.0. The number of carbonyl (C=O) groups excluding carboxylic acids is 2. The summed E-state index contributed by atoms with van der Waals surface area (Å²) >= 11 is 0. The van der Waals surface area contributed by atoms with Crippen LogP contribution < -0.4 is 10.2 Å². The normalized spacial score (nSPS) is 12.4. The van der Waals surface area contributed by atoms with Gasteiger partial charge in [-0.15, -0.1) is 0 Å². The van der Waals surface area contributed by atoms with Crippen LogP contribution >= 0.6 is 0 Å². The van der Waals surface area contributed by atoms with E-state index in [1.54, 1.807) is 45.2 Å². The number of hydrogen-bond donors (Lipinski definition) is 1. The number of amides is 1. The van der Waals surface area contributed by atoms with E-state index in [0.717, 1.165) is 6.42 Å². The van der Waals surface area contributed by atoms with Gasteiger partial charge in [0.25, 0.3) is 5.91 Å². The molecule has 1 aromatic carbocycles. The first-order chi connectivity index (χ1) is 11.0. The van der Waals surface area contributed by atoms with Crippen molar-refractivity contribution in [1.82, 2.24) is 5.43 Å². The Kier molecular flexibility index (Phi) is 7.80. The van der Waals surface area contributed by atoms with Crippen LogP contribution in [-0.2, 0) is 9.53 Å². The zero-order chi connectivity index (χ0) is 17.2. The van der Waals surface area contributed by atoms with E-state index < -0.39 is 5.92 Å². The molecule has 6 heteroatoms. The predicted octanol–water partition coefficient (Wildman–Crippen LogP) is 2.78. The van der Waals surface area contributed by atoms with Crippen LogP contribution in [-0.4, -0.2) is 31.3 Å². The number of nitrogens with zero attached hydrogens (tertiary/aromatic N) is 1. The number of benzene rings is 1. The molecule has 0 heterocycles. The van der Waals surface area contributed by atoms with E-state index in [0.29, 0.717) is 30.1 Å². The summed E-state index contributed by atoms with van der Waals surface area (Å²) in [5, 5.41) is 4.05. The second kappa shape index (κ2) is 9.61. The van der Waals surface area contributed by atoms with Crippen molar-refractivity contribution in [3.05, 3.63) is 29.8 Å². The molecule has 1 aromatic rings. The fourth-order valence-corrected chi connectivity index (χ4v) is 2.05. The van der Waals surface area contributed by atoms with Gasteiger partial charge < -0.3 is 9.47 Å². The first kappa shape index (κ1) is 18.7. The lowest BCUT2D eigenvalue weighted by Gasteiger charge is -2.14. The SMILES string of the molecule is CCC[C@@H](C(=O)OCC)C(C)=NNC(=O)c1ccc(OC)cc1. The molecule has 126 valence electrons. The van der Waals surface area contributed by atoms with E-state index in [2.05, 4.69) is 10.5 Å². The Morgan fingerprint density at radius 2 is 1.87 bits per heavy atom. The Bertz CT molecular complexity index is 552. The molecule has 6 nitrogen and oxygen atoms in total. The Morgan fingerprint density at radius 1 is 1.22 bits per heavy atom. The van der Waals surface area contributed by atoms with Crippen LogP contribution in [0.25, 0.3) is 0 Å². The molecule has 0 radical (unpaired) electrons. The molecule has 0 saturated carbocycles. The topological polar surface area (TPSA) is 77.0 Å². The maximum atomic E-state index is 12.0.